The van der Waals surface area contributed by atoms with Gasteiger partial charge in [-0.15, -0.1) is 0 Å². The largest absolute Gasteiger partial charge is 0.245 e. The van der Waals surface area contributed by atoms with Crippen molar-refractivity contribution >= 4 is 11.9 Å². The smallest absolute Gasteiger partial charge is 0.0268 e. The lowest BCUT2D eigenvalue weighted by molar-refractivity contribution is 0.258. The molecule has 0 amide bonds. The first-order valence-corrected chi connectivity index (χ1v) is 7.49. The lowest BCUT2D eigenvalue weighted by Crippen LogP contribution is -2.40. The zero-order chi connectivity index (χ0) is 13.6. The highest BCUT2D eigenvalue weighted by Gasteiger charge is 2.33. The first kappa shape index (κ1) is 14.0. The van der Waals surface area contributed by atoms with Gasteiger partial charge in [-0.2, -0.15) is 0 Å². The molecule has 0 fully saturated rings. The van der Waals surface area contributed by atoms with E-state index in [1.165, 1.54) is 16.0 Å². The molecule has 1 aromatic carbocycles. The molecule has 100 valence electrons. The lowest BCUT2D eigenvalue weighted by atomic mass is 9.83. The molecule has 0 spiro atoms. The van der Waals surface area contributed by atoms with E-state index in [1.807, 2.05) is 11.9 Å². The predicted octanol–water partition coefficient (Wildman–Crippen LogP) is 4.64. The number of fused-ring (bicyclic) bond motifs is 1. The first-order chi connectivity index (χ1) is 8.17. The Morgan fingerprint density at radius 3 is 2.56 bits per heavy atom. The molecular weight excluding hydrogens is 238 g/mol. The molecule has 2 rings (SSSR count). The molecule has 1 aliphatic heterocycles. The fourth-order valence-corrected chi connectivity index (χ4v) is 4.25. The van der Waals surface area contributed by atoms with Gasteiger partial charge in [0.2, 0.25) is 0 Å². The SMILES string of the molecule is Cc1ccc2c(c1)C(C)(C)CN(CC(C)(C)C)S2. The normalized spacial score (nSPS) is 19.7. The minimum Gasteiger partial charge on any atom is -0.245 e. The van der Waals surface area contributed by atoms with Gasteiger partial charge in [-0.1, -0.05) is 52.3 Å². The number of hydrogen-bond acceptors (Lipinski definition) is 2. The van der Waals surface area contributed by atoms with E-state index in [9.17, 15) is 0 Å². The predicted molar refractivity (Wildman–Crippen MR) is 81.1 cm³/mol. The van der Waals surface area contributed by atoms with Crippen LogP contribution in [0.2, 0.25) is 0 Å². The second-order valence-corrected chi connectivity index (χ2v) is 8.47. The van der Waals surface area contributed by atoms with Crippen LogP contribution in [-0.4, -0.2) is 17.4 Å². The summed E-state index contributed by atoms with van der Waals surface area (Å²) in [6, 6.07) is 6.87. The highest BCUT2D eigenvalue weighted by Crippen LogP contribution is 2.42. The Morgan fingerprint density at radius 1 is 1.28 bits per heavy atom. The maximum atomic E-state index is 2.53. The molecule has 0 saturated heterocycles. The van der Waals surface area contributed by atoms with Gasteiger partial charge < -0.3 is 0 Å². The summed E-state index contributed by atoms with van der Waals surface area (Å²) in [5, 5.41) is 0. The summed E-state index contributed by atoms with van der Waals surface area (Å²) in [5.41, 5.74) is 3.48. The zero-order valence-corrected chi connectivity index (χ0v) is 13.3. The van der Waals surface area contributed by atoms with Crippen molar-refractivity contribution in [2.24, 2.45) is 5.41 Å². The zero-order valence-electron chi connectivity index (χ0n) is 12.5. The van der Waals surface area contributed by atoms with E-state index >= 15 is 0 Å². The maximum Gasteiger partial charge on any atom is 0.0268 e. The standard InChI is InChI=1S/C16H25NS/c1-12-7-8-14-13(9-12)16(5,6)11-17(18-14)10-15(2,3)4/h7-9H,10-11H2,1-6H3. The molecule has 0 aliphatic carbocycles. The van der Waals surface area contributed by atoms with Crippen molar-refractivity contribution in [3.8, 4) is 0 Å². The minimum absolute atomic E-state index is 0.248. The summed E-state index contributed by atoms with van der Waals surface area (Å²) in [6.07, 6.45) is 0. The molecule has 1 aromatic rings. The topological polar surface area (TPSA) is 3.24 Å². The van der Waals surface area contributed by atoms with E-state index < -0.39 is 0 Å². The van der Waals surface area contributed by atoms with Gasteiger partial charge >= 0.3 is 0 Å². The highest BCUT2D eigenvalue weighted by molar-refractivity contribution is 7.97. The third-order valence-corrected chi connectivity index (χ3v) is 4.38. The molecule has 0 atom stereocenters. The molecule has 1 nitrogen and oxygen atoms in total. The number of rotatable bonds is 1. The maximum absolute atomic E-state index is 2.53. The molecule has 0 saturated carbocycles. The van der Waals surface area contributed by atoms with E-state index in [4.69, 9.17) is 0 Å². The Hall–Kier alpha value is -0.470. The minimum atomic E-state index is 0.248. The number of benzene rings is 1. The van der Waals surface area contributed by atoms with Crippen LogP contribution in [0.15, 0.2) is 23.1 Å². The second-order valence-electron chi connectivity index (χ2n) is 7.33. The summed E-state index contributed by atoms with van der Waals surface area (Å²) >= 11 is 1.93. The monoisotopic (exact) mass is 263 g/mol. The van der Waals surface area contributed by atoms with Crippen molar-refractivity contribution in [1.82, 2.24) is 4.31 Å². The van der Waals surface area contributed by atoms with Gasteiger partial charge in [0.05, 0.1) is 0 Å². The Kier molecular flexibility index (Phi) is 3.54. The van der Waals surface area contributed by atoms with Crippen LogP contribution in [0.4, 0.5) is 0 Å². The lowest BCUT2D eigenvalue weighted by Gasteiger charge is -2.41. The third-order valence-electron chi connectivity index (χ3n) is 3.31. The fraction of sp³-hybridized carbons (Fsp3) is 0.625. The average Bonchev–Trinajstić information content (AvgIpc) is 2.16. The average molecular weight is 263 g/mol. The molecule has 0 N–H and O–H groups in total. The van der Waals surface area contributed by atoms with E-state index in [0.29, 0.717) is 5.41 Å². The van der Waals surface area contributed by atoms with Gasteiger partial charge in [0.15, 0.2) is 0 Å². The van der Waals surface area contributed by atoms with Crippen LogP contribution in [0, 0.1) is 12.3 Å². The van der Waals surface area contributed by atoms with Crippen LogP contribution >= 0.6 is 11.9 Å². The van der Waals surface area contributed by atoms with E-state index in [2.05, 4.69) is 64.0 Å². The van der Waals surface area contributed by atoms with Crippen LogP contribution < -0.4 is 0 Å². The Labute approximate surface area is 116 Å². The van der Waals surface area contributed by atoms with Crippen LogP contribution in [0.25, 0.3) is 0 Å². The summed E-state index contributed by atoms with van der Waals surface area (Å²) in [7, 11) is 0. The second kappa shape index (κ2) is 4.57. The van der Waals surface area contributed by atoms with Crippen LogP contribution in [0.3, 0.4) is 0 Å². The van der Waals surface area contributed by atoms with Gasteiger partial charge in [-0.05, 0) is 35.9 Å². The summed E-state index contributed by atoms with van der Waals surface area (Å²) < 4.78 is 2.53. The van der Waals surface area contributed by atoms with Crippen LogP contribution in [0.5, 0.6) is 0 Å². The highest BCUT2D eigenvalue weighted by atomic mass is 32.2. The van der Waals surface area contributed by atoms with Gasteiger partial charge in [-0.3, -0.25) is 0 Å². The molecule has 0 bridgehead atoms. The molecule has 1 aliphatic rings. The van der Waals surface area contributed by atoms with Crippen molar-refractivity contribution in [1.29, 1.82) is 0 Å². The summed E-state index contributed by atoms with van der Waals surface area (Å²) in [4.78, 5) is 1.43. The van der Waals surface area contributed by atoms with Gasteiger partial charge in [0.1, 0.15) is 0 Å². The first-order valence-electron chi connectivity index (χ1n) is 6.71. The number of aryl methyl sites for hydroxylation is 1. The van der Waals surface area contributed by atoms with Crippen molar-refractivity contribution in [2.45, 2.75) is 51.9 Å². The fourth-order valence-electron chi connectivity index (χ4n) is 2.57. The van der Waals surface area contributed by atoms with E-state index in [0.717, 1.165) is 13.1 Å². The number of nitrogens with zero attached hydrogens (tertiary/aromatic N) is 1. The summed E-state index contributed by atoms with van der Waals surface area (Å²) in [6.45, 7) is 16.1. The molecule has 0 unspecified atom stereocenters. The molecule has 0 aromatic heterocycles. The molecule has 2 heteroatoms. The van der Waals surface area contributed by atoms with E-state index in [1.54, 1.807) is 0 Å². The van der Waals surface area contributed by atoms with Crippen molar-refractivity contribution in [3.05, 3.63) is 29.3 Å². The Morgan fingerprint density at radius 2 is 1.94 bits per heavy atom. The van der Waals surface area contributed by atoms with Crippen LogP contribution in [0.1, 0.15) is 45.7 Å². The van der Waals surface area contributed by atoms with Gasteiger partial charge in [0.25, 0.3) is 0 Å². The molecule has 1 heterocycles. The van der Waals surface area contributed by atoms with Gasteiger partial charge in [-0.25, -0.2) is 4.31 Å². The van der Waals surface area contributed by atoms with E-state index in [-0.39, 0.29) is 5.41 Å². The third kappa shape index (κ3) is 3.10. The molecule has 18 heavy (non-hydrogen) atoms. The Balaban J connectivity index is 2.30. The Bertz CT molecular complexity index is 443. The number of hydrogen-bond donors (Lipinski definition) is 0. The van der Waals surface area contributed by atoms with Gasteiger partial charge in [0, 0.05) is 23.4 Å². The van der Waals surface area contributed by atoms with Crippen molar-refractivity contribution in [2.75, 3.05) is 13.1 Å². The van der Waals surface area contributed by atoms with Crippen LogP contribution in [-0.2, 0) is 5.41 Å². The summed E-state index contributed by atoms with van der Waals surface area (Å²) in [5.74, 6) is 0. The molecule has 0 radical (unpaired) electrons. The quantitative estimate of drug-likeness (QED) is 0.679. The van der Waals surface area contributed by atoms with Crippen molar-refractivity contribution < 1.29 is 0 Å². The molecular formula is C16H25NS. The van der Waals surface area contributed by atoms with Crippen molar-refractivity contribution in [3.63, 3.8) is 0 Å².